The highest BCUT2D eigenvalue weighted by Gasteiger charge is 2.25. The molecule has 1 atom stereocenters. The summed E-state index contributed by atoms with van der Waals surface area (Å²) < 4.78 is 0. The Hall–Kier alpha value is -0.900. The third-order valence-corrected chi connectivity index (χ3v) is 1.84. The average Bonchev–Trinajstić information content (AvgIpc) is 1.85. The fourth-order valence-electron chi connectivity index (χ4n) is 1.19. The van der Waals surface area contributed by atoms with Gasteiger partial charge in [0.15, 0.2) is 0 Å². The Bertz CT molecular complexity index is 191. The minimum atomic E-state index is -0.179. The molecule has 0 aliphatic carbocycles. The van der Waals surface area contributed by atoms with Crippen LogP contribution < -0.4 is 5.73 Å². The molecule has 1 unspecified atom stereocenters. The Morgan fingerprint density at radius 3 is 2.82 bits per heavy atom. The molecule has 0 aromatic rings. The van der Waals surface area contributed by atoms with E-state index in [0.29, 0.717) is 13.0 Å². The van der Waals surface area contributed by atoms with Crippen LogP contribution in [0.1, 0.15) is 19.8 Å². The summed E-state index contributed by atoms with van der Waals surface area (Å²) in [6, 6.07) is -0.0573. The zero-order valence-electron chi connectivity index (χ0n) is 6.54. The molecule has 4 heteroatoms. The van der Waals surface area contributed by atoms with Crippen molar-refractivity contribution in [2.24, 2.45) is 5.73 Å². The summed E-state index contributed by atoms with van der Waals surface area (Å²) in [5.74, 6) is -0.321. The number of nitrogens with zero attached hydrogens (tertiary/aromatic N) is 1. The number of carbonyl (C=O) groups excluding carboxylic acids is 2. The van der Waals surface area contributed by atoms with Gasteiger partial charge in [0.2, 0.25) is 11.8 Å². The van der Waals surface area contributed by atoms with Crippen LogP contribution in [0.3, 0.4) is 0 Å². The molecule has 0 aromatic carbocycles. The molecule has 4 nitrogen and oxygen atoms in total. The van der Waals surface area contributed by atoms with Gasteiger partial charge in [-0.25, -0.2) is 0 Å². The van der Waals surface area contributed by atoms with E-state index in [0.717, 1.165) is 6.42 Å². The fourth-order valence-corrected chi connectivity index (χ4v) is 1.19. The fraction of sp³-hybridized carbons (Fsp3) is 0.714. The first-order valence-corrected chi connectivity index (χ1v) is 3.68. The van der Waals surface area contributed by atoms with Crippen LogP contribution in [0.5, 0.6) is 0 Å². The molecular formula is C7H12N2O2. The Kier molecular flexibility index (Phi) is 2.24. The summed E-state index contributed by atoms with van der Waals surface area (Å²) in [5.41, 5.74) is 5.53. The summed E-state index contributed by atoms with van der Waals surface area (Å²) in [7, 11) is 0. The van der Waals surface area contributed by atoms with Gasteiger partial charge >= 0.3 is 0 Å². The quantitative estimate of drug-likeness (QED) is 0.513. The molecule has 62 valence electrons. The van der Waals surface area contributed by atoms with Gasteiger partial charge in [0.1, 0.15) is 0 Å². The second-order valence-electron chi connectivity index (χ2n) is 2.82. The van der Waals surface area contributed by atoms with Crippen LogP contribution >= 0.6 is 0 Å². The first-order valence-electron chi connectivity index (χ1n) is 3.68. The Morgan fingerprint density at radius 2 is 2.36 bits per heavy atom. The van der Waals surface area contributed by atoms with Crippen molar-refractivity contribution in [3.8, 4) is 0 Å². The Labute approximate surface area is 65.3 Å². The van der Waals surface area contributed by atoms with E-state index < -0.39 is 0 Å². The number of amides is 2. The van der Waals surface area contributed by atoms with E-state index in [9.17, 15) is 9.59 Å². The number of likely N-dealkylation sites (tertiary alicyclic amines) is 1. The third kappa shape index (κ3) is 1.77. The third-order valence-electron chi connectivity index (χ3n) is 1.84. The number of imide groups is 1. The normalized spacial score (nSPS) is 25.5. The van der Waals surface area contributed by atoms with E-state index in [-0.39, 0.29) is 17.9 Å². The van der Waals surface area contributed by atoms with Crippen LogP contribution in [0, 0.1) is 0 Å². The van der Waals surface area contributed by atoms with Crippen LogP contribution in [0.4, 0.5) is 0 Å². The second kappa shape index (κ2) is 3.00. The monoisotopic (exact) mass is 156 g/mol. The number of piperidine rings is 1. The van der Waals surface area contributed by atoms with E-state index in [1.165, 1.54) is 11.8 Å². The SMILES string of the molecule is CC(=O)N1CCC(N)CC1=O. The maximum atomic E-state index is 11.1. The highest BCUT2D eigenvalue weighted by molar-refractivity contribution is 5.94. The standard InChI is InChI=1S/C7H12N2O2/c1-5(10)9-3-2-6(8)4-7(9)11/h6H,2-4,8H2,1H3. The molecule has 2 N–H and O–H groups in total. The highest BCUT2D eigenvalue weighted by atomic mass is 16.2. The molecule has 0 saturated carbocycles. The molecule has 1 fully saturated rings. The van der Waals surface area contributed by atoms with Gasteiger partial charge in [-0.1, -0.05) is 0 Å². The van der Waals surface area contributed by atoms with Crippen LogP contribution in [-0.4, -0.2) is 29.3 Å². The van der Waals surface area contributed by atoms with Gasteiger partial charge in [0.05, 0.1) is 0 Å². The van der Waals surface area contributed by atoms with Crippen molar-refractivity contribution in [3.05, 3.63) is 0 Å². The zero-order chi connectivity index (χ0) is 8.43. The van der Waals surface area contributed by atoms with Crippen LogP contribution in [0.25, 0.3) is 0 Å². The predicted octanol–water partition coefficient (Wildman–Crippen LogP) is -0.517. The lowest BCUT2D eigenvalue weighted by molar-refractivity contribution is -0.145. The van der Waals surface area contributed by atoms with Gasteiger partial charge < -0.3 is 5.73 Å². The van der Waals surface area contributed by atoms with Gasteiger partial charge in [-0.3, -0.25) is 14.5 Å². The summed E-state index contributed by atoms with van der Waals surface area (Å²) in [5, 5.41) is 0. The number of nitrogens with two attached hydrogens (primary N) is 1. The molecule has 0 aromatic heterocycles. The van der Waals surface area contributed by atoms with E-state index in [4.69, 9.17) is 5.73 Å². The molecule has 1 aliphatic heterocycles. The first kappa shape index (κ1) is 8.20. The maximum Gasteiger partial charge on any atom is 0.230 e. The van der Waals surface area contributed by atoms with E-state index in [1.54, 1.807) is 0 Å². The van der Waals surface area contributed by atoms with Gasteiger partial charge in [-0.2, -0.15) is 0 Å². The largest absolute Gasteiger partial charge is 0.327 e. The van der Waals surface area contributed by atoms with E-state index in [2.05, 4.69) is 0 Å². The molecule has 1 heterocycles. The smallest absolute Gasteiger partial charge is 0.230 e. The predicted molar refractivity (Wildman–Crippen MR) is 39.6 cm³/mol. The lowest BCUT2D eigenvalue weighted by Gasteiger charge is -2.27. The van der Waals surface area contributed by atoms with Crippen molar-refractivity contribution in [2.75, 3.05) is 6.54 Å². The van der Waals surface area contributed by atoms with Crippen molar-refractivity contribution >= 4 is 11.8 Å². The maximum absolute atomic E-state index is 11.1. The molecule has 1 saturated heterocycles. The minimum absolute atomic E-state index is 0.0573. The average molecular weight is 156 g/mol. The summed E-state index contributed by atoms with van der Waals surface area (Å²) in [4.78, 5) is 23.1. The lowest BCUT2D eigenvalue weighted by Crippen LogP contribution is -2.45. The Balaban J connectivity index is 2.58. The summed E-state index contributed by atoms with van der Waals surface area (Å²) in [6.45, 7) is 1.88. The van der Waals surface area contributed by atoms with Crippen molar-refractivity contribution < 1.29 is 9.59 Å². The summed E-state index contributed by atoms with van der Waals surface area (Å²) >= 11 is 0. The van der Waals surface area contributed by atoms with Crippen LogP contribution in [-0.2, 0) is 9.59 Å². The first-order chi connectivity index (χ1) is 5.11. The van der Waals surface area contributed by atoms with Crippen LogP contribution in [0.2, 0.25) is 0 Å². The molecule has 0 bridgehead atoms. The van der Waals surface area contributed by atoms with Gasteiger partial charge in [-0.15, -0.1) is 0 Å². The minimum Gasteiger partial charge on any atom is -0.327 e. The molecule has 2 amide bonds. The van der Waals surface area contributed by atoms with Crippen molar-refractivity contribution in [1.29, 1.82) is 0 Å². The summed E-state index contributed by atoms with van der Waals surface area (Å²) in [6.07, 6.45) is 1.03. The number of carbonyl (C=O) groups is 2. The van der Waals surface area contributed by atoms with Crippen molar-refractivity contribution in [1.82, 2.24) is 4.90 Å². The molecule has 1 rings (SSSR count). The zero-order valence-corrected chi connectivity index (χ0v) is 6.54. The highest BCUT2D eigenvalue weighted by Crippen LogP contribution is 2.09. The Morgan fingerprint density at radius 1 is 1.73 bits per heavy atom. The second-order valence-corrected chi connectivity index (χ2v) is 2.82. The van der Waals surface area contributed by atoms with Gasteiger partial charge in [0.25, 0.3) is 0 Å². The topological polar surface area (TPSA) is 63.4 Å². The number of hydrogen-bond acceptors (Lipinski definition) is 3. The lowest BCUT2D eigenvalue weighted by atomic mass is 10.1. The molecular weight excluding hydrogens is 144 g/mol. The van der Waals surface area contributed by atoms with Gasteiger partial charge in [0, 0.05) is 25.9 Å². The number of hydrogen-bond donors (Lipinski definition) is 1. The van der Waals surface area contributed by atoms with E-state index in [1.807, 2.05) is 0 Å². The van der Waals surface area contributed by atoms with Crippen molar-refractivity contribution in [3.63, 3.8) is 0 Å². The molecule has 0 radical (unpaired) electrons. The molecule has 11 heavy (non-hydrogen) atoms. The van der Waals surface area contributed by atoms with Crippen LogP contribution in [0.15, 0.2) is 0 Å². The van der Waals surface area contributed by atoms with Gasteiger partial charge in [-0.05, 0) is 6.42 Å². The van der Waals surface area contributed by atoms with E-state index >= 15 is 0 Å². The molecule has 0 spiro atoms. The molecule has 1 aliphatic rings. The number of rotatable bonds is 0. The van der Waals surface area contributed by atoms with Crippen molar-refractivity contribution in [2.45, 2.75) is 25.8 Å².